The van der Waals surface area contributed by atoms with Crippen LogP contribution in [0.1, 0.15) is 5.56 Å². The lowest BCUT2D eigenvalue weighted by Gasteiger charge is -2.09. The molecule has 0 aliphatic carbocycles. The van der Waals surface area contributed by atoms with Crippen LogP contribution < -0.4 is 5.32 Å². The summed E-state index contributed by atoms with van der Waals surface area (Å²) < 4.78 is 0. The second-order valence-corrected chi connectivity index (χ2v) is 4.25. The number of benzene rings is 1. The van der Waals surface area contributed by atoms with Crippen molar-refractivity contribution < 1.29 is 0 Å². The number of aryl methyl sites for hydroxylation is 1. The molecule has 0 unspecified atom stereocenters. The zero-order valence-corrected chi connectivity index (χ0v) is 10.2. The standard InChI is InChI=1S/C12H10Cl2N2/c1-8-5-6-9(13)7-10(8)15-12-4-2-3-11(14)16-12/h2-7H,1H3,(H,15,16). The zero-order chi connectivity index (χ0) is 11.5. The first-order chi connectivity index (χ1) is 7.65. The summed E-state index contributed by atoms with van der Waals surface area (Å²) in [5.41, 5.74) is 2.04. The van der Waals surface area contributed by atoms with Crippen LogP contribution in [0.2, 0.25) is 10.2 Å². The average Bonchev–Trinajstić information content (AvgIpc) is 2.24. The van der Waals surface area contributed by atoms with Gasteiger partial charge < -0.3 is 5.32 Å². The molecule has 2 aromatic rings. The molecule has 82 valence electrons. The van der Waals surface area contributed by atoms with Gasteiger partial charge in [-0.2, -0.15) is 0 Å². The third kappa shape index (κ3) is 2.65. The van der Waals surface area contributed by atoms with Gasteiger partial charge in [0, 0.05) is 10.7 Å². The van der Waals surface area contributed by atoms with Crippen LogP contribution in [0, 0.1) is 6.92 Å². The molecule has 1 aromatic heterocycles. The second kappa shape index (κ2) is 4.73. The highest BCUT2D eigenvalue weighted by atomic mass is 35.5. The first kappa shape index (κ1) is 11.2. The van der Waals surface area contributed by atoms with Gasteiger partial charge in [0.05, 0.1) is 0 Å². The Morgan fingerprint density at radius 2 is 1.94 bits per heavy atom. The summed E-state index contributed by atoms with van der Waals surface area (Å²) >= 11 is 11.7. The van der Waals surface area contributed by atoms with Crippen LogP contribution in [0.25, 0.3) is 0 Å². The van der Waals surface area contributed by atoms with Gasteiger partial charge in [-0.15, -0.1) is 0 Å². The smallest absolute Gasteiger partial charge is 0.132 e. The van der Waals surface area contributed by atoms with Gasteiger partial charge >= 0.3 is 0 Å². The minimum absolute atomic E-state index is 0.463. The number of aromatic nitrogens is 1. The molecule has 2 rings (SSSR count). The van der Waals surface area contributed by atoms with Crippen molar-refractivity contribution in [2.45, 2.75) is 6.92 Å². The highest BCUT2D eigenvalue weighted by Gasteiger charge is 2.01. The summed E-state index contributed by atoms with van der Waals surface area (Å²) in [4.78, 5) is 4.15. The predicted octanol–water partition coefficient (Wildman–Crippen LogP) is 4.44. The van der Waals surface area contributed by atoms with E-state index in [4.69, 9.17) is 23.2 Å². The van der Waals surface area contributed by atoms with Crippen LogP contribution in [0.4, 0.5) is 11.5 Å². The first-order valence-corrected chi connectivity index (χ1v) is 5.56. The quantitative estimate of drug-likeness (QED) is 0.800. The Balaban J connectivity index is 2.30. The minimum Gasteiger partial charge on any atom is -0.340 e. The summed E-state index contributed by atoms with van der Waals surface area (Å²) in [5, 5.41) is 4.33. The van der Waals surface area contributed by atoms with E-state index in [1.165, 1.54) is 0 Å². The van der Waals surface area contributed by atoms with E-state index in [0.717, 1.165) is 11.3 Å². The minimum atomic E-state index is 0.463. The summed E-state index contributed by atoms with van der Waals surface area (Å²) in [6, 6.07) is 11.1. The lowest BCUT2D eigenvalue weighted by molar-refractivity contribution is 1.30. The Morgan fingerprint density at radius 1 is 1.12 bits per heavy atom. The fourth-order valence-electron chi connectivity index (χ4n) is 1.34. The van der Waals surface area contributed by atoms with Crippen molar-refractivity contribution in [1.29, 1.82) is 0 Å². The molecule has 16 heavy (non-hydrogen) atoms. The summed E-state index contributed by atoms with van der Waals surface area (Å²) in [6.07, 6.45) is 0. The van der Waals surface area contributed by atoms with E-state index < -0.39 is 0 Å². The normalized spacial score (nSPS) is 10.2. The van der Waals surface area contributed by atoms with E-state index in [1.807, 2.05) is 37.3 Å². The van der Waals surface area contributed by atoms with Crippen molar-refractivity contribution in [3.8, 4) is 0 Å². The Labute approximate surface area is 104 Å². The lowest BCUT2D eigenvalue weighted by atomic mass is 10.2. The summed E-state index contributed by atoms with van der Waals surface area (Å²) in [7, 11) is 0. The number of hydrogen-bond donors (Lipinski definition) is 1. The van der Waals surface area contributed by atoms with Crippen LogP contribution in [0.15, 0.2) is 36.4 Å². The maximum atomic E-state index is 5.93. The molecule has 0 saturated heterocycles. The van der Waals surface area contributed by atoms with Gasteiger partial charge in [0.15, 0.2) is 0 Å². The van der Waals surface area contributed by atoms with E-state index >= 15 is 0 Å². The molecule has 1 aromatic carbocycles. The topological polar surface area (TPSA) is 24.9 Å². The Hall–Kier alpha value is -1.25. The maximum Gasteiger partial charge on any atom is 0.132 e. The molecule has 1 heterocycles. The SMILES string of the molecule is Cc1ccc(Cl)cc1Nc1cccc(Cl)n1. The largest absolute Gasteiger partial charge is 0.340 e. The fourth-order valence-corrected chi connectivity index (χ4v) is 1.68. The van der Waals surface area contributed by atoms with Gasteiger partial charge in [-0.1, -0.05) is 35.3 Å². The van der Waals surface area contributed by atoms with E-state index in [1.54, 1.807) is 6.07 Å². The monoisotopic (exact) mass is 252 g/mol. The van der Waals surface area contributed by atoms with Crippen LogP contribution in [0.5, 0.6) is 0 Å². The number of nitrogens with zero attached hydrogens (tertiary/aromatic N) is 1. The van der Waals surface area contributed by atoms with Crippen molar-refractivity contribution in [3.05, 3.63) is 52.1 Å². The Bertz CT molecular complexity index is 512. The number of pyridine rings is 1. The zero-order valence-electron chi connectivity index (χ0n) is 8.67. The van der Waals surface area contributed by atoms with Gasteiger partial charge in [0.2, 0.25) is 0 Å². The lowest BCUT2D eigenvalue weighted by Crippen LogP contribution is -1.95. The van der Waals surface area contributed by atoms with E-state index in [0.29, 0.717) is 16.0 Å². The highest BCUT2D eigenvalue weighted by Crippen LogP contribution is 2.23. The van der Waals surface area contributed by atoms with Crippen molar-refractivity contribution in [1.82, 2.24) is 4.98 Å². The molecule has 0 amide bonds. The second-order valence-electron chi connectivity index (χ2n) is 3.43. The number of anilines is 2. The molecule has 0 aliphatic heterocycles. The van der Waals surface area contributed by atoms with Gasteiger partial charge in [-0.25, -0.2) is 4.98 Å². The molecule has 0 aliphatic rings. The van der Waals surface area contributed by atoms with Crippen molar-refractivity contribution >= 4 is 34.7 Å². The molecular weight excluding hydrogens is 243 g/mol. The van der Waals surface area contributed by atoms with Crippen LogP contribution in [-0.2, 0) is 0 Å². The summed E-state index contributed by atoms with van der Waals surface area (Å²) in [5.74, 6) is 0.706. The van der Waals surface area contributed by atoms with Crippen molar-refractivity contribution in [3.63, 3.8) is 0 Å². The van der Waals surface area contributed by atoms with Crippen molar-refractivity contribution in [2.75, 3.05) is 5.32 Å². The maximum absolute atomic E-state index is 5.93. The van der Waals surface area contributed by atoms with Crippen LogP contribution in [0.3, 0.4) is 0 Å². The number of rotatable bonds is 2. The molecule has 0 bridgehead atoms. The molecule has 2 nitrogen and oxygen atoms in total. The molecule has 1 N–H and O–H groups in total. The van der Waals surface area contributed by atoms with Crippen LogP contribution in [-0.4, -0.2) is 4.98 Å². The molecule has 0 atom stereocenters. The molecule has 0 saturated carbocycles. The number of hydrogen-bond acceptors (Lipinski definition) is 2. The summed E-state index contributed by atoms with van der Waals surface area (Å²) in [6.45, 7) is 2.00. The fraction of sp³-hybridized carbons (Fsp3) is 0.0833. The van der Waals surface area contributed by atoms with Gasteiger partial charge in [0.1, 0.15) is 11.0 Å². The molecular formula is C12H10Cl2N2. The van der Waals surface area contributed by atoms with Gasteiger partial charge in [0.25, 0.3) is 0 Å². The third-order valence-corrected chi connectivity index (χ3v) is 2.62. The molecule has 4 heteroatoms. The molecule has 0 spiro atoms. The number of halogens is 2. The number of nitrogens with one attached hydrogen (secondary N) is 1. The Morgan fingerprint density at radius 3 is 2.69 bits per heavy atom. The first-order valence-electron chi connectivity index (χ1n) is 4.81. The highest BCUT2D eigenvalue weighted by molar-refractivity contribution is 6.31. The predicted molar refractivity (Wildman–Crippen MR) is 68.7 cm³/mol. The van der Waals surface area contributed by atoms with Crippen LogP contribution >= 0.6 is 23.2 Å². The van der Waals surface area contributed by atoms with E-state index in [9.17, 15) is 0 Å². The Kier molecular flexibility index (Phi) is 3.32. The third-order valence-electron chi connectivity index (χ3n) is 2.18. The average molecular weight is 253 g/mol. The van der Waals surface area contributed by atoms with E-state index in [-0.39, 0.29) is 0 Å². The molecule has 0 radical (unpaired) electrons. The molecule has 0 fully saturated rings. The van der Waals surface area contributed by atoms with E-state index in [2.05, 4.69) is 10.3 Å². The van der Waals surface area contributed by atoms with Crippen molar-refractivity contribution in [2.24, 2.45) is 0 Å². The van der Waals surface area contributed by atoms with Gasteiger partial charge in [-0.05, 0) is 36.8 Å². The van der Waals surface area contributed by atoms with Gasteiger partial charge in [-0.3, -0.25) is 0 Å².